The smallest absolute Gasteiger partial charge is 0.321 e. The second kappa shape index (κ2) is 8.06. The summed E-state index contributed by atoms with van der Waals surface area (Å²) in [7, 11) is 0. The van der Waals surface area contributed by atoms with Gasteiger partial charge in [-0.15, -0.1) is 21.5 Å². The third kappa shape index (κ3) is 4.96. The van der Waals surface area contributed by atoms with Gasteiger partial charge in [0.1, 0.15) is 5.01 Å². The van der Waals surface area contributed by atoms with Crippen molar-refractivity contribution in [1.82, 2.24) is 25.4 Å². The Kier molecular flexibility index (Phi) is 5.79. The first-order valence-electron chi connectivity index (χ1n) is 8.27. The highest BCUT2D eigenvalue weighted by Crippen LogP contribution is 2.28. The van der Waals surface area contributed by atoms with Gasteiger partial charge in [-0.2, -0.15) is 0 Å². The first-order valence-corrected chi connectivity index (χ1v) is 9.90. The van der Waals surface area contributed by atoms with Gasteiger partial charge in [0.05, 0.1) is 12.2 Å². The number of nitrogens with zero attached hydrogens (tertiary/aromatic N) is 4. The monoisotopic (exact) mass is 395 g/mol. The summed E-state index contributed by atoms with van der Waals surface area (Å²) in [5.74, 6) is -0.108. The van der Waals surface area contributed by atoms with Crippen LogP contribution in [0.2, 0.25) is 0 Å². The molecular formula is C15H21N7O2S2. The molecule has 26 heavy (non-hydrogen) atoms. The van der Waals surface area contributed by atoms with E-state index in [0.717, 1.165) is 28.5 Å². The SMILES string of the molecule is Cc1nnc(NC(=O)CN2CCc3nc(NC(=O)NC(C)C)sc3C2)s1. The van der Waals surface area contributed by atoms with Gasteiger partial charge >= 0.3 is 6.03 Å². The van der Waals surface area contributed by atoms with Gasteiger partial charge in [-0.1, -0.05) is 11.3 Å². The molecule has 2 aromatic heterocycles. The fourth-order valence-electron chi connectivity index (χ4n) is 2.54. The van der Waals surface area contributed by atoms with Crippen molar-refractivity contribution in [3.63, 3.8) is 0 Å². The summed E-state index contributed by atoms with van der Waals surface area (Å²) in [5, 5.41) is 18.0. The Morgan fingerprint density at radius 2 is 2.00 bits per heavy atom. The number of carbonyl (C=O) groups is 2. The number of carbonyl (C=O) groups excluding carboxylic acids is 2. The molecule has 3 rings (SSSR count). The van der Waals surface area contributed by atoms with Crippen molar-refractivity contribution in [1.29, 1.82) is 0 Å². The van der Waals surface area contributed by atoms with Gasteiger partial charge in [0, 0.05) is 30.4 Å². The molecule has 11 heteroatoms. The number of anilines is 2. The van der Waals surface area contributed by atoms with Crippen molar-refractivity contribution in [2.24, 2.45) is 0 Å². The van der Waals surface area contributed by atoms with Crippen LogP contribution in [-0.2, 0) is 17.8 Å². The van der Waals surface area contributed by atoms with E-state index in [9.17, 15) is 9.59 Å². The van der Waals surface area contributed by atoms with Crippen molar-refractivity contribution in [3.8, 4) is 0 Å². The fourth-order valence-corrected chi connectivity index (χ4v) is 4.19. The Hall–Kier alpha value is -2.11. The molecule has 1 aliphatic heterocycles. The zero-order chi connectivity index (χ0) is 18.7. The molecule has 0 unspecified atom stereocenters. The molecule has 3 N–H and O–H groups in total. The molecule has 9 nitrogen and oxygen atoms in total. The molecule has 0 spiro atoms. The number of rotatable bonds is 5. The third-order valence-corrected chi connectivity index (χ3v) is 5.34. The van der Waals surface area contributed by atoms with E-state index in [1.54, 1.807) is 0 Å². The molecule has 0 bridgehead atoms. The van der Waals surface area contributed by atoms with Crippen molar-refractivity contribution in [2.75, 3.05) is 23.7 Å². The number of fused-ring (bicyclic) bond motifs is 1. The Morgan fingerprint density at radius 3 is 2.69 bits per heavy atom. The summed E-state index contributed by atoms with van der Waals surface area (Å²) in [4.78, 5) is 31.6. The lowest BCUT2D eigenvalue weighted by molar-refractivity contribution is -0.117. The van der Waals surface area contributed by atoms with Crippen LogP contribution in [0.15, 0.2) is 0 Å². The minimum Gasteiger partial charge on any atom is -0.336 e. The molecule has 0 saturated carbocycles. The van der Waals surface area contributed by atoms with E-state index in [2.05, 4.69) is 36.0 Å². The van der Waals surface area contributed by atoms with E-state index < -0.39 is 0 Å². The summed E-state index contributed by atoms with van der Waals surface area (Å²) < 4.78 is 0. The molecule has 0 atom stereocenters. The molecule has 0 aliphatic carbocycles. The second-order valence-electron chi connectivity index (χ2n) is 6.28. The Morgan fingerprint density at radius 1 is 1.19 bits per heavy atom. The maximum Gasteiger partial charge on any atom is 0.321 e. The van der Waals surface area contributed by atoms with Crippen LogP contribution in [0.4, 0.5) is 15.1 Å². The van der Waals surface area contributed by atoms with Crippen LogP contribution in [0.3, 0.4) is 0 Å². The predicted octanol–water partition coefficient (Wildman–Crippen LogP) is 1.83. The molecule has 140 valence electrons. The van der Waals surface area contributed by atoms with E-state index in [1.165, 1.54) is 22.7 Å². The molecule has 1 aliphatic rings. The summed E-state index contributed by atoms with van der Waals surface area (Å²) >= 11 is 2.81. The van der Waals surface area contributed by atoms with Gasteiger partial charge in [-0.05, 0) is 20.8 Å². The summed E-state index contributed by atoms with van der Waals surface area (Å²) in [6, 6.07) is -0.190. The minimum absolute atomic E-state index is 0.0652. The molecule has 0 radical (unpaired) electrons. The minimum atomic E-state index is -0.255. The summed E-state index contributed by atoms with van der Waals surface area (Å²) in [6.45, 7) is 7.32. The number of hydrogen-bond donors (Lipinski definition) is 3. The van der Waals surface area contributed by atoms with Gasteiger partial charge < -0.3 is 5.32 Å². The van der Waals surface area contributed by atoms with Crippen LogP contribution in [0.1, 0.15) is 29.4 Å². The molecule has 0 aromatic carbocycles. The second-order valence-corrected chi connectivity index (χ2v) is 8.54. The average molecular weight is 396 g/mol. The number of amides is 3. The molecule has 0 fully saturated rings. The van der Waals surface area contributed by atoms with Crippen LogP contribution < -0.4 is 16.0 Å². The Balaban J connectivity index is 1.54. The van der Waals surface area contributed by atoms with Crippen molar-refractivity contribution in [3.05, 3.63) is 15.6 Å². The zero-order valence-corrected chi connectivity index (χ0v) is 16.5. The topological polar surface area (TPSA) is 112 Å². The Labute approximate surface area is 159 Å². The van der Waals surface area contributed by atoms with Crippen LogP contribution in [0, 0.1) is 6.92 Å². The predicted molar refractivity (Wildman–Crippen MR) is 102 cm³/mol. The highest BCUT2D eigenvalue weighted by molar-refractivity contribution is 7.16. The van der Waals surface area contributed by atoms with Crippen molar-refractivity contribution in [2.45, 2.75) is 39.8 Å². The highest BCUT2D eigenvalue weighted by atomic mass is 32.1. The first-order chi connectivity index (χ1) is 12.4. The molecule has 2 aromatic rings. The van der Waals surface area contributed by atoms with E-state index in [4.69, 9.17) is 0 Å². The number of aromatic nitrogens is 3. The summed E-state index contributed by atoms with van der Waals surface area (Å²) in [6.07, 6.45) is 0.754. The number of urea groups is 1. The van der Waals surface area contributed by atoms with Gasteiger partial charge in [0.2, 0.25) is 11.0 Å². The standard InChI is InChI=1S/C15H21N7O2S2/c1-8(2)16-13(24)19-14-17-10-4-5-22(6-11(10)26-14)7-12(23)18-15-21-20-9(3)25-15/h8H,4-7H2,1-3H3,(H,18,21,23)(H2,16,17,19,24). The maximum atomic E-state index is 12.2. The zero-order valence-electron chi connectivity index (χ0n) is 14.8. The number of aryl methyl sites for hydroxylation is 1. The van der Waals surface area contributed by atoms with E-state index in [-0.39, 0.29) is 24.5 Å². The fraction of sp³-hybridized carbons (Fsp3) is 0.533. The lowest BCUT2D eigenvalue weighted by Crippen LogP contribution is -2.36. The van der Waals surface area contributed by atoms with E-state index >= 15 is 0 Å². The molecule has 0 saturated heterocycles. The van der Waals surface area contributed by atoms with Crippen LogP contribution >= 0.6 is 22.7 Å². The van der Waals surface area contributed by atoms with Gasteiger partial charge in [0.15, 0.2) is 5.13 Å². The van der Waals surface area contributed by atoms with Crippen LogP contribution in [-0.4, -0.2) is 51.2 Å². The average Bonchev–Trinajstić information content (AvgIpc) is 3.11. The van der Waals surface area contributed by atoms with Crippen molar-refractivity contribution < 1.29 is 9.59 Å². The van der Waals surface area contributed by atoms with Gasteiger partial charge in [0.25, 0.3) is 0 Å². The van der Waals surface area contributed by atoms with Gasteiger partial charge in [-0.3, -0.25) is 20.3 Å². The number of nitrogens with one attached hydrogen (secondary N) is 3. The first kappa shape index (κ1) is 18.7. The third-order valence-electron chi connectivity index (χ3n) is 3.59. The van der Waals surface area contributed by atoms with E-state index in [0.29, 0.717) is 16.8 Å². The molecule has 3 amide bonds. The number of hydrogen-bond acceptors (Lipinski definition) is 8. The molecular weight excluding hydrogens is 374 g/mol. The quantitative estimate of drug-likeness (QED) is 0.712. The largest absolute Gasteiger partial charge is 0.336 e. The highest BCUT2D eigenvalue weighted by Gasteiger charge is 2.23. The maximum absolute atomic E-state index is 12.2. The van der Waals surface area contributed by atoms with Crippen molar-refractivity contribution >= 4 is 44.9 Å². The van der Waals surface area contributed by atoms with Crippen LogP contribution in [0.25, 0.3) is 0 Å². The lowest BCUT2D eigenvalue weighted by Gasteiger charge is -2.24. The number of thiazole rings is 1. The van der Waals surface area contributed by atoms with E-state index in [1.807, 2.05) is 20.8 Å². The van der Waals surface area contributed by atoms with Gasteiger partial charge in [-0.25, -0.2) is 9.78 Å². The molecule has 3 heterocycles. The lowest BCUT2D eigenvalue weighted by atomic mass is 10.2. The Bertz CT molecular complexity index is 802. The summed E-state index contributed by atoms with van der Waals surface area (Å²) in [5.41, 5.74) is 0.992. The normalized spacial score (nSPS) is 14.2. The van der Waals surface area contributed by atoms with Crippen LogP contribution in [0.5, 0.6) is 0 Å².